The van der Waals surface area contributed by atoms with Crippen LogP contribution in [0.4, 0.5) is 0 Å². The molecule has 2 aliphatic rings. The normalized spacial score (nSPS) is 34.8. The quantitative estimate of drug-likeness (QED) is 0.791. The van der Waals surface area contributed by atoms with Gasteiger partial charge in [0, 0.05) is 12.1 Å². The molecule has 2 rings (SSSR count). The van der Waals surface area contributed by atoms with Crippen LogP contribution in [0.15, 0.2) is 0 Å². The first-order chi connectivity index (χ1) is 10.1. The number of likely N-dealkylation sites (tertiary alicyclic amines) is 1. The van der Waals surface area contributed by atoms with Gasteiger partial charge in [-0.3, -0.25) is 9.69 Å². The zero-order valence-electron chi connectivity index (χ0n) is 13.9. The summed E-state index contributed by atoms with van der Waals surface area (Å²) in [4.78, 5) is 14.8. The van der Waals surface area contributed by atoms with Gasteiger partial charge in [-0.1, -0.05) is 20.3 Å². The zero-order valence-corrected chi connectivity index (χ0v) is 13.9. The molecule has 4 heteroatoms. The zero-order chi connectivity index (χ0) is 15.3. The van der Waals surface area contributed by atoms with E-state index in [4.69, 9.17) is 5.73 Å². The molecule has 1 aliphatic carbocycles. The SMILES string of the molecule is CCCNC1(C(N)=O)CCCC(N2CCCCC2CC)C1. The van der Waals surface area contributed by atoms with Gasteiger partial charge in [0.1, 0.15) is 0 Å². The molecule has 0 aromatic rings. The Bertz CT molecular complexity index is 347. The maximum atomic E-state index is 12.1. The highest BCUT2D eigenvalue weighted by molar-refractivity contribution is 5.84. The molecule has 0 aromatic heterocycles. The molecule has 4 nitrogen and oxygen atoms in total. The van der Waals surface area contributed by atoms with Crippen molar-refractivity contribution in [3.8, 4) is 0 Å². The van der Waals surface area contributed by atoms with Crippen LogP contribution in [0, 0.1) is 0 Å². The Hall–Kier alpha value is -0.610. The first kappa shape index (κ1) is 16.8. The number of nitrogens with zero attached hydrogens (tertiary/aromatic N) is 1. The second-order valence-electron chi connectivity index (χ2n) is 6.92. The highest BCUT2D eigenvalue weighted by Gasteiger charge is 2.43. The lowest BCUT2D eigenvalue weighted by atomic mass is 9.76. The Kier molecular flexibility index (Phi) is 6.06. The van der Waals surface area contributed by atoms with Crippen molar-refractivity contribution in [3.05, 3.63) is 0 Å². The topological polar surface area (TPSA) is 58.4 Å². The fraction of sp³-hybridized carbons (Fsp3) is 0.941. The van der Waals surface area contributed by atoms with Crippen molar-refractivity contribution in [3.63, 3.8) is 0 Å². The van der Waals surface area contributed by atoms with Crippen molar-refractivity contribution in [1.82, 2.24) is 10.2 Å². The van der Waals surface area contributed by atoms with Crippen molar-refractivity contribution in [2.24, 2.45) is 5.73 Å². The third-order valence-electron chi connectivity index (χ3n) is 5.52. The molecule has 3 unspecified atom stereocenters. The van der Waals surface area contributed by atoms with E-state index in [2.05, 4.69) is 24.1 Å². The van der Waals surface area contributed by atoms with Crippen LogP contribution in [0.1, 0.15) is 71.6 Å². The molecule has 2 fully saturated rings. The summed E-state index contributed by atoms with van der Waals surface area (Å²) in [6.07, 6.45) is 10.4. The van der Waals surface area contributed by atoms with E-state index in [0.29, 0.717) is 12.1 Å². The van der Waals surface area contributed by atoms with Crippen LogP contribution in [0.25, 0.3) is 0 Å². The Labute approximate surface area is 129 Å². The molecule has 3 atom stereocenters. The third-order valence-corrected chi connectivity index (χ3v) is 5.52. The molecule has 0 bridgehead atoms. The predicted molar refractivity (Wildman–Crippen MR) is 87.1 cm³/mol. The predicted octanol–water partition coefficient (Wildman–Crippen LogP) is 2.42. The smallest absolute Gasteiger partial charge is 0.237 e. The Morgan fingerprint density at radius 3 is 2.76 bits per heavy atom. The van der Waals surface area contributed by atoms with Crippen LogP contribution in [0.5, 0.6) is 0 Å². The number of amides is 1. The molecule has 1 aliphatic heterocycles. The van der Waals surface area contributed by atoms with Gasteiger partial charge in [0.25, 0.3) is 0 Å². The minimum Gasteiger partial charge on any atom is -0.368 e. The standard InChI is InChI=1S/C17H33N3O/c1-3-11-19-17(16(18)21)10-7-9-15(13-17)20-12-6-5-8-14(20)4-2/h14-15,19H,3-13H2,1-2H3,(H2,18,21). The van der Waals surface area contributed by atoms with E-state index in [-0.39, 0.29) is 5.91 Å². The summed E-state index contributed by atoms with van der Waals surface area (Å²) < 4.78 is 0. The summed E-state index contributed by atoms with van der Waals surface area (Å²) in [5, 5.41) is 3.48. The molecular weight excluding hydrogens is 262 g/mol. The number of hydrogen-bond acceptors (Lipinski definition) is 3. The molecule has 1 amide bonds. The van der Waals surface area contributed by atoms with Gasteiger partial charge < -0.3 is 11.1 Å². The van der Waals surface area contributed by atoms with E-state index >= 15 is 0 Å². The summed E-state index contributed by atoms with van der Waals surface area (Å²) in [6, 6.07) is 1.24. The van der Waals surface area contributed by atoms with Crippen LogP contribution < -0.4 is 11.1 Å². The monoisotopic (exact) mass is 295 g/mol. The molecule has 0 spiro atoms. The van der Waals surface area contributed by atoms with Crippen LogP contribution >= 0.6 is 0 Å². The highest BCUT2D eigenvalue weighted by atomic mass is 16.1. The van der Waals surface area contributed by atoms with Crippen molar-refractivity contribution >= 4 is 5.91 Å². The molecule has 21 heavy (non-hydrogen) atoms. The molecule has 1 saturated carbocycles. The maximum absolute atomic E-state index is 12.1. The van der Waals surface area contributed by atoms with Gasteiger partial charge in [-0.15, -0.1) is 0 Å². The van der Waals surface area contributed by atoms with Gasteiger partial charge in [0.15, 0.2) is 0 Å². The molecule has 122 valence electrons. The summed E-state index contributed by atoms with van der Waals surface area (Å²) >= 11 is 0. The lowest BCUT2D eigenvalue weighted by molar-refractivity contribution is -0.127. The second-order valence-corrected chi connectivity index (χ2v) is 6.92. The Balaban J connectivity index is 2.08. The molecule has 1 heterocycles. The van der Waals surface area contributed by atoms with Gasteiger partial charge in [-0.05, 0) is 64.5 Å². The molecule has 0 aromatic carbocycles. The van der Waals surface area contributed by atoms with E-state index in [1.807, 2.05) is 0 Å². The van der Waals surface area contributed by atoms with Gasteiger partial charge in [0.2, 0.25) is 5.91 Å². The number of carbonyl (C=O) groups excluding carboxylic acids is 1. The number of primary amides is 1. The number of piperidine rings is 1. The number of rotatable bonds is 6. The summed E-state index contributed by atoms with van der Waals surface area (Å²) in [5.74, 6) is -0.147. The molecule has 3 N–H and O–H groups in total. The van der Waals surface area contributed by atoms with Crippen LogP contribution in [-0.2, 0) is 4.79 Å². The number of carbonyl (C=O) groups is 1. The van der Waals surface area contributed by atoms with E-state index in [1.165, 1.54) is 38.6 Å². The van der Waals surface area contributed by atoms with Gasteiger partial charge >= 0.3 is 0 Å². The third kappa shape index (κ3) is 3.78. The lowest BCUT2D eigenvalue weighted by Gasteiger charge is -2.47. The first-order valence-corrected chi connectivity index (χ1v) is 8.93. The van der Waals surface area contributed by atoms with E-state index < -0.39 is 5.54 Å². The average Bonchev–Trinajstić information content (AvgIpc) is 2.53. The van der Waals surface area contributed by atoms with Crippen LogP contribution in [-0.4, -0.2) is 41.5 Å². The van der Waals surface area contributed by atoms with Crippen molar-refractivity contribution in [2.75, 3.05) is 13.1 Å². The largest absolute Gasteiger partial charge is 0.368 e. The molecule has 0 radical (unpaired) electrons. The minimum absolute atomic E-state index is 0.147. The van der Waals surface area contributed by atoms with Crippen molar-refractivity contribution in [2.45, 2.75) is 89.3 Å². The fourth-order valence-electron chi connectivity index (χ4n) is 4.31. The van der Waals surface area contributed by atoms with Gasteiger partial charge in [-0.2, -0.15) is 0 Å². The molecule has 1 saturated heterocycles. The van der Waals surface area contributed by atoms with Gasteiger partial charge in [0.05, 0.1) is 5.54 Å². The van der Waals surface area contributed by atoms with E-state index in [1.54, 1.807) is 0 Å². The second kappa shape index (κ2) is 7.59. The van der Waals surface area contributed by atoms with Crippen LogP contribution in [0.3, 0.4) is 0 Å². The fourth-order valence-corrected chi connectivity index (χ4v) is 4.31. The van der Waals surface area contributed by atoms with Gasteiger partial charge in [-0.25, -0.2) is 0 Å². The first-order valence-electron chi connectivity index (χ1n) is 8.93. The van der Waals surface area contributed by atoms with Crippen molar-refractivity contribution in [1.29, 1.82) is 0 Å². The minimum atomic E-state index is -0.464. The maximum Gasteiger partial charge on any atom is 0.237 e. The number of hydrogen-bond donors (Lipinski definition) is 2. The van der Waals surface area contributed by atoms with Crippen LogP contribution in [0.2, 0.25) is 0 Å². The Morgan fingerprint density at radius 2 is 2.10 bits per heavy atom. The average molecular weight is 295 g/mol. The summed E-state index contributed by atoms with van der Waals surface area (Å²) in [5.41, 5.74) is 5.32. The Morgan fingerprint density at radius 1 is 1.29 bits per heavy atom. The summed E-state index contributed by atoms with van der Waals surface area (Å²) in [6.45, 7) is 6.51. The lowest BCUT2D eigenvalue weighted by Crippen LogP contribution is -2.62. The van der Waals surface area contributed by atoms with E-state index in [9.17, 15) is 4.79 Å². The highest BCUT2D eigenvalue weighted by Crippen LogP contribution is 2.34. The number of nitrogens with two attached hydrogens (primary N) is 1. The van der Waals surface area contributed by atoms with E-state index in [0.717, 1.165) is 32.2 Å². The number of nitrogens with one attached hydrogen (secondary N) is 1. The van der Waals surface area contributed by atoms with Crippen molar-refractivity contribution < 1.29 is 4.79 Å². The summed E-state index contributed by atoms with van der Waals surface area (Å²) in [7, 11) is 0. The molecular formula is C17H33N3O.